The van der Waals surface area contributed by atoms with E-state index in [0.717, 1.165) is 43.0 Å². The van der Waals surface area contributed by atoms with Gasteiger partial charge in [-0.3, -0.25) is 0 Å². The van der Waals surface area contributed by atoms with Gasteiger partial charge in [0.15, 0.2) is 0 Å². The molecule has 1 atom stereocenters. The van der Waals surface area contributed by atoms with E-state index in [4.69, 9.17) is 15.2 Å². The fraction of sp³-hybridized carbons (Fsp3) is 0.600. The van der Waals surface area contributed by atoms with Gasteiger partial charge in [-0.15, -0.1) is 0 Å². The molecule has 106 valence electrons. The number of methoxy groups -OCH3 is 1. The van der Waals surface area contributed by atoms with Crippen LogP contribution >= 0.6 is 0 Å². The maximum absolute atomic E-state index is 6.15. The van der Waals surface area contributed by atoms with Gasteiger partial charge in [-0.2, -0.15) is 0 Å². The maximum Gasteiger partial charge on any atom is 0.128 e. The quantitative estimate of drug-likeness (QED) is 0.905. The average molecular weight is 264 g/mol. The zero-order valence-electron chi connectivity index (χ0n) is 12.1. The van der Waals surface area contributed by atoms with E-state index >= 15 is 0 Å². The maximum atomic E-state index is 6.15. The number of nitrogens with zero attached hydrogens (tertiary/aromatic N) is 1. The van der Waals surface area contributed by atoms with Crippen LogP contribution in [0.1, 0.15) is 31.4 Å². The van der Waals surface area contributed by atoms with Crippen LogP contribution < -0.4 is 15.2 Å². The summed E-state index contributed by atoms with van der Waals surface area (Å²) < 4.78 is 11.5. The fourth-order valence-corrected chi connectivity index (χ4v) is 2.54. The summed E-state index contributed by atoms with van der Waals surface area (Å²) in [5.41, 5.74) is 7.01. The minimum Gasteiger partial charge on any atom is -0.496 e. The number of benzene rings is 1. The predicted molar refractivity (Wildman–Crippen MR) is 76.7 cm³/mol. The molecule has 0 radical (unpaired) electrons. The molecule has 1 aliphatic heterocycles. The Kier molecular flexibility index (Phi) is 4.66. The molecule has 1 aromatic rings. The van der Waals surface area contributed by atoms with Crippen molar-refractivity contribution in [3.63, 3.8) is 0 Å². The molecule has 0 saturated carbocycles. The summed E-state index contributed by atoms with van der Waals surface area (Å²) in [6.45, 7) is 4.13. The van der Waals surface area contributed by atoms with Gasteiger partial charge in [0.1, 0.15) is 17.6 Å². The van der Waals surface area contributed by atoms with E-state index in [1.807, 2.05) is 25.1 Å². The standard InChI is InChI=1S/C15H24N2O2/c1-11(16)15-13(18-3)5-4-6-14(15)19-12-7-9-17(2)10-8-12/h4-6,11-12H,7-10,16H2,1-3H3. The highest BCUT2D eigenvalue weighted by molar-refractivity contribution is 5.46. The summed E-state index contributed by atoms with van der Waals surface area (Å²) in [5, 5.41) is 0. The molecule has 0 aromatic heterocycles. The monoisotopic (exact) mass is 264 g/mol. The zero-order valence-corrected chi connectivity index (χ0v) is 12.1. The molecule has 4 nitrogen and oxygen atoms in total. The second-order valence-corrected chi connectivity index (χ2v) is 5.28. The molecule has 2 rings (SSSR count). The van der Waals surface area contributed by atoms with Gasteiger partial charge >= 0.3 is 0 Å². The molecule has 2 N–H and O–H groups in total. The number of nitrogens with two attached hydrogens (primary N) is 1. The first-order valence-corrected chi connectivity index (χ1v) is 6.89. The Morgan fingerprint density at radius 1 is 1.26 bits per heavy atom. The molecule has 0 spiro atoms. The van der Waals surface area contributed by atoms with Crippen LogP contribution in [0.2, 0.25) is 0 Å². The van der Waals surface area contributed by atoms with E-state index in [9.17, 15) is 0 Å². The number of ether oxygens (including phenoxy) is 2. The zero-order chi connectivity index (χ0) is 13.8. The van der Waals surface area contributed by atoms with Gasteiger partial charge in [0.25, 0.3) is 0 Å². The van der Waals surface area contributed by atoms with E-state index in [-0.39, 0.29) is 12.1 Å². The van der Waals surface area contributed by atoms with Crippen LogP contribution in [-0.4, -0.2) is 38.3 Å². The van der Waals surface area contributed by atoms with Crippen LogP contribution in [0, 0.1) is 0 Å². The Bertz CT molecular complexity index is 413. The first kappa shape index (κ1) is 14.2. The second-order valence-electron chi connectivity index (χ2n) is 5.28. The Balaban J connectivity index is 2.15. The van der Waals surface area contributed by atoms with E-state index in [1.165, 1.54) is 0 Å². The highest BCUT2D eigenvalue weighted by Crippen LogP contribution is 2.34. The lowest BCUT2D eigenvalue weighted by atomic mass is 10.1. The van der Waals surface area contributed by atoms with Crippen LogP contribution in [0.25, 0.3) is 0 Å². The molecule has 0 bridgehead atoms. The largest absolute Gasteiger partial charge is 0.496 e. The lowest BCUT2D eigenvalue weighted by Crippen LogP contribution is -2.35. The average Bonchev–Trinajstić information content (AvgIpc) is 2.40. The van der Waals surface area contributed by atoms with Crippen molar-refractivity contribution >= 4 is 0 Å². The second kappa shape index (κ2) is 6.26. The normalized spacial score (nSPS) is 19.2. The van der Waals surface area contributed by atoms with Crippen LogP contribution in [-0.2, 0) is 0 Å². The van der Waals surface area contributed by atoms with E-state index in [2.05, 4.69) is 11.9 Å². The van der Waals surface area contributed by atoms with Crippen LogP contribution in [0.5, 0.6) is 11.5 Å². The van der Waals surface area contributed by atoms with Crippen molar-refractivity contribution in [3.05, 3.63) is 23.8 Å². The summed E-state index contributed by atoms with van der Waals surface area (Å²) in [5.74, 6) is 1.67. The molecule has 19 heavy (non-hydrogen) atoms. The molecular weight excluding hydrogens is 240 g/mol. The van der Waals surface area contributed by atoms with E-state index < -0.39 is 0 Å². The van der Waals surface area contributed by atoms with Crippen molar-refractivity contribution in [1.29, 1.82) is 0 Å². The summed E-state index contributed by atoms with van der Waals surface area (Å²) in [6.07, 6.45) is 2.40. The molecule has 1 heterocycles. The third kappa shape index (κ3) is 3.39. The number of hydrogen-bond donors (Lipinski definition) is 1. The first-order chi connectivity index (χ1) is 9.11. The molecule has 1 unspecified atom stereocenters. The van der Waals surface area contributed by atoms with Crippen molar-refractivity contribution in [2.75, 3.05) is 27.2 Å². The molecule has 1 aliphatic rings. The topological polar surface area (TPSA) is 47.7 Å². The SMILES string of the molecule is COc1cccc(OC2CCN(C)CC2)c1C(C)N. The highest BCUT2D eigenvalue weighted by atomic mass is 16.5. The smallest absolute Gasteiger partial charge is 0.128 e. The fourth-order valence-electron chi connectivity index (χ4n) is 2.54. The molecule has 0 amide bonds. The lowest BCUT2D eigenvalue weighted by molar-refractivity contribution is 0.112. The number of rotatable bonds is 4. The Morgan fingerprint density at radius 2 is 1.89 bits per heavy atom. The molecule has 0 aliphatic carbocycles. The predicted octanol–water partition coefficient (Wildman–Crippen LogP) is 2.19. The highest BCUT2D eigenvalue weighted by Gasteiger charge is 2.21. The van der Waals surface area contributed by atoms with Gasteiger partial charge in [-0.1, -0.05) is 6.07 Å². The minimum atomic E-state index is -0.0996. The molecule has 1 fully saturated rings. The lowest BCUT2D eigenvalue weighted by Gasteiger charge is -2.30. The number of hydrogen-bond acceptors (Lipinski definition) is 4. The van der Waals surface area contributed by atoms with Gasteiger partial charge < -0.3 is 20.1 Å². The van der Waals surface area contributed by atoms with Crippen molar-refractivity contribution in [3.8, 4) is 11.5 Å². The number of likely N-dealkylation sites (tertiary alicyclic amines) is 1. The van der Waals surface area contributed by atoms with Crippen LogP contribution in [0.4, 0.5) is 0 Å². The Hall–Kier alpha value is -1.26. The van der Waals surface area contributed by atoms with Crippen LogP contribution in [0.3, 0.4) is 0 Å². The summed E-state index contributed by atoms with van der Waals surface area (Å²) in [4.78, 5) is 2.33. The van der Waals surface area contributed by atoms with Crippen molar-refractivity contribution < 1.29 is 9.47 Å². The van der Waals surface area contributed by atoms with Gasteiger partial charge in [0, 0.05) is 19.1 Å². The molecular formula is C15H24N2O2. The number of piperidine rings is 1. The van der Waals surface area contributed by atoms with Crippen LogP contribution in [0.15, 0.2) is 18.2 Å². The summed E-state index contributed by atoms with van der Waals surface area (Å²) >= 11 is 0. The van der Waals surface area contributed by atoms with Crippen molar-refractivity contribution in [1.82, 2.24) is 4.90 Å². The van der Waals surface area contributed by atoms with Gasteiger partial charge in [-0.25, -0.2) is 0 Å². The summed E-state index contributed by atoms with van der Waals surface area (Å²) in [7, 11) is 3.82. The molecule has 1 saturated heterocycles. The first-order valence-electron chi connectivity index (χ1n) is 6.89. The minimum absolute atomic E-state index is 0.0996. The van der Waals surface area contributed by atoms with Gasteiger partial charge in [-0.05, 0) is 38.9 Å². The Labute approximate surface area is 115 Å². The van der Waals surface area contributed by atoms with Gasteiger partial charge in [0.2, 0.25) is 0 Å². The van der Waals surface area contributed by atoms with Crippen molar-refractivity contribution in [2.45, 2.75) is 31.9 Å². The summed E-state index contributed by atoms with van der Waals surface area (Å²) in [6, 6.07) is 5.77. The third-order valence-electron chi connectivity index (χ3n) is 3.66. The Morgan fingerprint density at radius 3 is 2.47 bits per heavy atom. The van der Waals surface area contributed by atoms with Gasteiger partial charge in [0.05, 0.1) is 12.7 Å². The molecule has 4 heteroatoms. The van der Waals surface area contributed by atoms with E-state index in [0.29, 0.717) is 0 Å². The third-order valence-corrected chi connectivity index (χ3v) is 3.66. The van der Waals surface area contributed by atoms with Crippen molar-refractivity contribution in [2.24, 2.45) is 5.73 Å². The van der Waals surface area contributed by atoms with E-state index in [1.54, 1.807) is 7.11 Å². The molecule has 1 aromatic carbocycles.